The van der Waals surface area contributed by atoms with E-state index >= 15 is 0 Å². The molecule has 1 N–H and O–H groups in total. The van der Waals surface area contributed by atoms with E-state index in [0.29, 0.717) is 30.2 Å². The number of nitrogens with zero attached hydrogens (tertiary/aromatic N) is 1. The van der Waals surface area contributed by atoms with Gasteiger partial charge < -0.3 is 10.0 Å². The normalized spacial score (nSPS) is 20.0. The lowest BCUT2D eigenvalue weighted by molar-refractivity contribution is -0.129. The standard InChI is InChI=1S/C20H22FNO2S/c21-17-8-4-5-9-18(17)25-13-10-19(24)22-12-11-20(14-22,15-23)16-6-2-1-3-7-16/h1-9,23H,10-15H2. The van der Waals surface area contributed by atoms with E-state index in [9.17, 15) is 14.3 Å². The zero-order chi connectivity index (χ0) is 17.7. The van der Waals surface area contributed by atoms with Crippen molar-refractivity contribution >= 4 is 17.7 Å². The van der Waals surface area contributed by atoms with Crippen LogP contribution in [0.1, 0.15) is 18.4 Å². The molecule has 1 amide bonds. The zero-order valence-electron chi connectivity index (χ0n) is 14.0. The van der Waals surface area contributed by atoms with Crippen LogP contribution in [-0.4, -0.2) is 41.4 Å². The number of likely N-dealkylation sites (tertiary alicyclic amines) is 1. The zero-order valence-corrected chi connectivity index (χ0v) is 14.8. The van der Waals surface area contributed by atoms with Crippen LogP contribution >= 0.6 is 11.8 Å². The van der Waals surface area contributed by atoms with Crippen molar-refractivity contribution in [2.24, 2.45) is 0 Å². The second-order valence-electron chi connectivity index (χ2n) is 6.40. The second-order valence-corrected chi connectivity index (χ2v) is 7.54. The quantitative estimate of drug-likeness (QED) is 0.803. The molecule has 1 heterocycles. The molecule has 0 bridgehead atoms. The Morgan fingerprint density at radius 3 is 2.60 bits per heavy atom. The third kappa shape index (κ3) is 4.05. The Labute approximate surface area is 151 Å². The van der Waals surface area contributed by atoms with Crippen LogP contribution in [0.3, 0.4) is 0 Å². The molecule has 0 radical (unpaired) electrons. The number of aliphatic hydroxyl groups excluding tert-OH is 1. The highest BCUT2D eigenvalue weighted by Gasteiger charge is 2.40. The van der Waals surface area contributed by atoms with Gasteiger partial charge in [0.25, 0.3) is 0 Å². The molecule has 1 unspecified atom stereocenters. The Morgan fingerprint density at radius 2 is 1.88 bits per heavy atom. The topological polar surface area (TPSA) is 40.5 Å². The molecule has 132 valence electrons. The van der Waals surface area contributed by atoms with Crippen molar-refractivity contribution < 1.29 is 14.3 Å². The van der Waals surface area contributed by atoms with Crippen LogP contribution < -0.4 is 0 Å². The number of rotatable bonds is 6. The van der Waals surface area contributed by atoms with Crippen LogP contribution in [0.5, 0.6) is 0 Å². The molecule has 0 saturated carbocycles. The first-order valence-corrected chi connectivity index (χ1v) is 9.45. The van der Waals surface area contributed by atoms with Crippen molar-refractivity contribution in [3.8, 4) is 0 Å². The third-order valence-corrected chi connectivity index (χ3v) is 5.86. The van der Waals surface area contributed by atoms with Gasteiger partial charge in [0.2, 0.25) is 5.91 Å². The Hall–Kier alpha value is -1.85. The number of hydrogen-bond acceptors (Lipinski definition) is 3. The molecule has 25 heavy (non-hydrogen) atoms. The summed E-state index contributed by atoms with van der Waals surface area (Å²) in [6.07, 6.45) is 1.13. The van der Waals surface area contributed by atoms with E-state index in [1.54, 1.807) is 18.2 Å². The Kier molecular flexibility index (Phi) is 5.76. The van der Waals surface area contributed by atoms with Crippen molar-refractivity contribution in [2.75, 3.05) is 25.4 Å². The van der Waals surface area contributed by atoms with Gasteiger partial charge in [0.1, 0.15) is 5.82 Å². The minimum absolute atomic E-state index is 0.0325. The number of aliphatic hydroxyl groups is 1. The van der Waals surface area contributed by atoms with Gasteiger partial charge in [-0.25, -0.2) is 4.39 Å². The summed E-state index contributed by atoms with van der Waals surface area (Å²) >= 11 is 1.36. The number of thioether (sulfide) groups is 1. The minimum atomic E-state index is -0.365. The molecular weight excluding hydrogens is 337 g/mol. The van der Waals surface area contributed by atoms with E-state index in [2.05, 4.69) is 0 Å². The summed E-state index contributed by atoms with van der Waals surface area (Å²) in [6.45, 7) is 1.22. The van der Waals surface area contributed by atoms with Crippen molar-refractivity contribution in [2.45, 2.75) is 23.2 Å². The van der Waals surface area contributed by atoms with E-state index < -0.39 is 0 Å². The van der Waals surface area contributed by atoms with Crippen molar-refractivity contribution in [1.82, 2.24) is 4.90 Å². The fourth-order valence-electron chi connectivity index (χ4n) is 3.30. The maximum atomic E-state index is 13.6. The van der Waals surface area contributed by atoms with E-state index in [4.69, 9.17) is 0 Å². The molecule has 1 aliphatic rings. The molecule has 0 aliphatic carbocycles. The largest absolute Gasteiger partial charge is 0.395 e. The van der Waals surface area contributed by atoms with E-state index in [0.717, 1.165) is 12.0 Å². The van der Waals surface area contributed by atoms with Crippen LogP contribution in [0.4, 0.5) is 4.39 Å². The molecular formula is C20H22FNO2S. The summed E-state index contributed by atoms with van der Waals surface area (Å²) in [4.78, 5) is 14.9. The molecule has 0 aromatic heterocycles. The summed E-state index contributed by atoms with van der Waals surface area (Å²) in [6, 6.07) is 16.5. The number of halogens is 1. The average Bonchev–Trinajstić information content (AvgIpc) is 3.10. The van der Waals surface area contributed by atoms with Crippen LogP contribution in [0.15, 0.2) is 59.5 Å². The van der Waals surface area contributed by atoms with Gasteiger partial charge in [0.05, 0.1) is 6.61 Å². The first-order valence-electron chi connectivity index (χ1n) is 8.46. The van der Waals surface area contributed by atoms with Gasteiger partial charge in [-0.05, 0) is 24.1 Å². The predicted octanol–water partition coefficient (Wildman–Crippen LogP) is 3.47. The summed E-state index contributed by atoms with van der Waals surface area (Å²) < 4.78 is 13.6. The molecule has 1 atom stereocenters. The van der Waals surface area contributed by atoms with Crippen LogP contribution in [0.2, 0.25) is 0 Å². The molecule has 5 heteroatoms. The SMILES string of the molecule is O=C(CCSc1ccccc1F)N1CCC(CO)(c2ccccc2)C1. The van der Waals surface area contributed by atoms with Gasteiger partial charge in [-0.2, -0.15) is 0 Å². The van der Waals surface area contributed by atoms with Crippen LogP contribution in [0.25, 0.3) is 0 Å². The summed E-state index contributed by atoms with van der Waals surface area (Å²) in [5.41, 5.74) is 0.712. The molecule has 1 saturated heterocycles. The number of carbonyl (C=O) groups excluding carboxylic acids is 1. The van der Waals surface area contributed by atoms with Gasteiger partial charge in [0, 0.05) is 35.6 Å². The fourth-order valence-corrected chi connectivity index (χ4v) is 4.18. The number of carbonyl (C=O) groups is 1. The molecule has 2 aromatic rings. The van der Waals surface area contributed by atoms with Crippen LogP contribution in [-0.2, 0) is 10.2 Å². The highest BCUT2D eigenvalue weighted by Crippen LogP contribution is 2.34. The number of hydrogen-bond donors (Lipinski definition) is 1. The van der Waals surface area contributed by atoms with Gasteiger partial charge >= 0.3 is 0 Å². The first-order chi connectivity index (χ1) is 12.1. The van der Waals surface area contributed by atoms with Gasteiger partial charge in [-0.15, -0.1) is 11.8 Å². The lowest BCUT2D eigenvalue weighted by Gasteiger charge is -2.27. The van der Waals surface area contributed by atoms with Gasteiger partial charge in [-0.3, -0.25) is 4.79 Å². The highest BCUT2D eigenvalue weighted by molar-refractivity contribution is 7.99. The van der Waals surface area contributed by atoms with Crippen molar-refractivity contribution in [3.05, 3.63) is 66.0 Å². The predicted molar refractivity (Wildman–Crippen MR) is 98.1 cm³/mol. The summed E-state index contributed by atoms with van der Waals surface area (Å²) in [5, 5.41) is 9.94. The van der Waals surface area contributed by atoms with Gasteiger partial charge in [-0.1, -0.05) is 42.5 Å². The average molecular weight is 359 g/mol. The Morgan fingerprint density at radius 1 is 1.16 bits per heavy atom. The van der Waals surface area contributed by atoms with Crippen LogP contribution in [0, 0.1) is 5.82 Å². The summed E-state index contributed by atoms with van der Waals surface area (Å²) in [7, 11) is 0. The monoisotopic (exact) mass is 359 g/mol. The van der Waals surface area contributed by atoms with E-state index in [1.807, 2.05) is 35.2 Å². The maximum Gasteiger partial charge on any atom is 0.223 e. The second kappa shape index (κ2) is 8.02. The third-order valence-electron chi connectivity index (χ3n) is 4.81. The van der Waals surface area contributed by atoms with E-state index in [1.165, 1.54) is 17.8 Å². The van der Waals surface area contributed by atoms with Crippen molar-refractivity contribution in [1.29, 1.82) is 0 Å². The molecule has 1 aliphatic heterocycles. The lowest BCUT2D eigenvalue weighted by Crippen LogP contribution is -2.37. The Bertz CT molecular complexity index is 725. The minimum Gasteiger partial charge on any atom is -0.395 e. The number of amides is 1. The molecule has 2 aromatic carbocycles. The molecule has 3 nitrogen and oxygen atoms in total. The van der Waals surface area contributed by atoms with Crippen molar-refractivity contribution in [3.63, 3.8) is 0 Å². The smallest absolute Gasteiger partial charge is 0.223 e. The molecule has 1 fully saturated rings. The first kappa shape index (κ1) is 18.0. The lowest BCUT2D eigenvalue weighted by atomic mass is 9.80. The molecule has 3 rings (SSSR count). The fraction of sp³-hybridized carbons (Fsp3) is 0.350. The van der Waals surface area contributed by atoms with Gasteiger partial charge in [0.15, 0.2) is 0 Å². The molecule has 0 spiro atoms. The number of benzene rings is 2. The highest BCUT2D eigenvalue weighted by atomic mass is 32.2. The summed E-state index contributed by atoms with van der Waals surface area (Å²) in [5.74, 6) is 0.368. The van der Waals surface area contributed by atoms with E-state index in [-0.39, 0.29) is 23.7 Å². The maximum absolute atomic E-state index is 13.6. The Balaban J connectivity index is 1.56.